The molecule has 0 aromatic carbocycles. The van der Waals surface area contributed by atoms with Crippen molar-refractivity contribution in [2.45, 2.75) is 12.3 Å². The summed E-state index contributed by atoms with van der Waals surface area (Å²) in [6, 6.07) is 3.19. The summed E-state index contributed by atoms with van der Waals surface area (Å²) >= 11 is 0. The SMILES string of the molecule is O=Cc1cccnc1N1CC(F)C(F)C1. The molecular formula is C10H10F2N2O. The van der Waals surface area contributed by atoms with E-state index < -0.39 is 12.3 Å². The quantitative estimate of drug-likeness (QED) is 0.694. The Bertz CT molecular complexity index is 362. The zero-order chi connectivity index (χ0) is 10.8. The molecule has 80 valence electrons. The number of anilines is 1. The van der Waals surface area contributed by atoms with Gasteiger partial charge in [-0.05, 0) is 12.1 Å². The van der Waals surface area contributed by atoms with E-state index in [-0.39, 0.29) is 13.1 Å². The summed E-state index contributed by atoms with van der Waals surface area (Å²) in [5.74, 6) is 0.357. The molecule has 15 heavy (non-hydrogen) atoms. The van der Waals surface area contributed by atoms with Gasteiger partial charge in [-0.2, -0.15) is 0 Å². The normalized spacial score (nSPS) is 25.6. The highest BCUT2D eigenvalue weighted by Gasteiger charge is 2.34. The van der Waals surface area contributed by atoms with Crippen molar-refractivity contribution >= 4 is 12.1 Å². The molecular weight excluding hydrogens is 202 g/mol. The Morgan fingerprint density at radius 2 is 2.07 bits per heavy atom. The van der Waals surface area contributed by atoms with Crippen LogP contribution in [0.2, 0.25) is 0 Å². The third-order valence-electron chi connectivity index (χ3n) is 2.43. The number of nitrogens with zero attached hydrogens (tertiary/aromatic N) is 2. The fourth-order valence-electron chi connectivity index (χ4n) is 1.66. The van der Waals surface area contributed by atoms with Crippen LogP contribution in [0.15, 0.2) is 18.3 Å². The first-order valence-corrected chi connectivity index (χ1v) is 4.65. The van der Waals surface area contributed by atoms with Crippen LogP contribution >= 0.6 is 0 Å². The highest BCUT2D eigenvalue weighted by Crippen LogP contribution is 2.24. The molecule has 3 nitrogen and oxygen atoms in total. The molecule has 2 atom stereocenters. The molecule has 0 amide bonds. The number of pyridine rings is 1. The molecule has 0 bridgehead atoms. The summed E-state index contributed by atoms with van der Waals surface area (Å²) in [5, 5.41) is 0. The fourth-order valence-corrected chi connectivity index (χ4v) is 1.66. The second-order valence-electron chi connectivity index (χ2n) is 3.47. The molecule has 2 heterocycles. The van der Waals surface area contributed by atoms with Crippen LogP contribution in [0.1, 0.15) is 10.4 Å². The summed E-state index contributed by atoms with van der Waals surface area (Å²) in [7, 11) is 0. The smallest absolute Gasteiger partial charge is 0.153 e. The van der Waals surface area contributed by atoms with Crippen molar-refractivity contribution < 1.29 is 13.6 Å². The summed E-state index contributed by atoms with van der Waals surface area (Å²) in [4.78, 5) is 16.1. The lowest BCUT2D eigenvalue weighted by Gasteiger charge is -2.17. The van der Waals surface area contributed by atoms with Crippen LogP contribution in [0.3, 0.4) is 0 Å². The lowest BCUT2D eigenvalue weighted by atomic mass is 10.2. The van der Waals surface area contributed by atoms with Gasteiger partial charge in [-0.25, -0.2) is 13.8 Å². The fraction of sp³-hybridized carbons (Fsp3) is 0.400. The second-order valence-corrected chi connectivity index (χ2v) is 3.47. The van der Waals surface area contributed by atoms with E-state index in [0.29, 0.717) is 17.7 Å². The van der Waals surface area contributed by atoms with Gasteiger partial charge in [-0.15, -0.1) is 0 Å². The van der Waals surface area contributed by atoms with Crippen LogP contribution in [0.25, 0.3) is 0 Å². The average Bonchev–Trinajstić information content (AvgIpc) is 2.59. The van der Waals surface area contributed by atoms with Gasteiger partial charge in [0.15, 0.2) is 18.6 Å². The van der Waals surface area contributed by atoms with E-state index in [1.807, 2.05) is 0 Å². The Morgan fingerprint density at radius 3 is 2.67 bits per heavy atom. The van der Waals surface area contributed by atoms with Crippen LogP contribution in [0.4, 0.5) is 14.6 Å². The van der Waals surface area contributed by atoms with Crippen LogP contribution in [0.5, 0.6) is 0 Å². The maximum absolute atomic E-state index is 13.0. The van der Waals surface area contributed by atoms with Crippen LogP contribution < -0.4 is 4.90 Å². The van der Waals surface area contributed by atoms with E-state index in [1.165, 1.54) is 11.1 Å². The monoisotopic (exact) mass is 212 g/mol. The van der Waals surface area contributed by atoms with Crippen molar-refractivity contribution in [3.8, 4) is 0 Å². The van der Waals surface area contributed by atoms with Crippen molar-refractivity contribution in [3.63, 3.8) is 0 Å². The molecule has 5 heteroatoms. The Morgan fingerprint density at radius 1 is 1.40 bits per heavy atom. The maximum atomic E-state index is 13.0. The first-order valence-electron chi connectivity index (χ1n) is 4.65. The molecule has 1 aliphatic rings. The molecule has 0 saturated carbocycles. The number of carbonyl (C=O) groups excluding carboxylic acids is 1. The molecule has 2 rings (SSSR count). The minimum atomic E-state index is -1.49. The third-order valence-corrected chi connectivity index (χ3v) is 2.43. The maximum Gasteiger partial charge on any atom is 0.153 e. The molecule has 1 aromatic rings. The van der Waals surface area contributed by atoms with Gasteiger partial charge in [-0.3, -0.25) is 4.79 Å². The van der Waals surface area contributed by atoms with Crippen molar-refractivity contribution in [2.24, 2.45) is 0 Å². The number of alkyl halides is 2. The highest BCUT2D eigenvalue weighted by atomic mass is 19.2. The van der Waals surface area contributed by atoms with Gasteiger partial charge in [0.2, 0.25) is 0 Å². The first-order chi connectivity index (χ1) is 7.22. The number of rotatable bonds is 2. The molecule has 1 aromatic heterocycles. The van der Waals surface area contributed by atoms with E-state index in [9.17, 15) is 13.6 Å². The topological polar surface area (TPSA) is 33.2 Å². The molecule has 0 N–H and O–H groups in total. The van der Waals surface area contributed by atoms with Gasteiger partial charge < -0.3 is 4.90 Å². The van der Waals surface area contributed by atoms with Crippen LogP contribution in [-0.2, 0) is 0 Å². The summed E-state index contributed by atoms with van der Waals surface area (Å²) in [6.07, 6.45) is -0.847. The number of carbonyl (C=O) groups is 1. The van der Waals surface area contributed by atoms with Crippen LogP contribution in [-0.4, -0.2) is 36.7 Å². The molecule has 1 aliphatic heterocycles. The highest BCUT2D eigenvalue weighted by molar-refractivity contribution is 5.82. The van der Waals surface area contributed by atoms with Gasteiger partial charge in [0.1, 0.15) is 5.82 Å². The Labute approximate surface area is 85.7 Å². The van der Waals surface area contributed by atoms with Crippen molar-refractivity contribution in [3.05, 3.63) is 23.9 Å². The van der Waals surface area contributed by atoms with Gasteiger partial charge in [-0.1, -0.05) is 0 Å². The average molecular weight is 212 g/mol. The number of halogens is 2. The summed E-state index contributed by atoms with van der Waals surface area (Å²) in [5.41, 5.74) is 0.360. The van der Waals surface area contributed by atoms with E-state index in [4.69, 9.17) is 0 Å². The second kappa shape index (κ2) is 3.92. The lowest BCUT2D eigenvalue weighted by Crippen LogP contribution is -2.22. The first kappa shape index (κ1) is 10.0. The largest absolute Gasteiger partial charge is 0.350 e. The predicted octanol–water partition coefficient (Wildman–Crippen LogP) is 1.39. The Hall–Kier alpha value is -1.52. The molecule has 0 radical (unpaired) electrons. The molecule has 0 spiro atoms. The molecule has 1 saturated heterocycles. The Kier molecular flexibility index (Phi) is 2.62. The number of aldehydes is 1. The van der Waals surface area contributed by atoms with E-state index >= 15 is 0 Å². The van der Waals surface area contributed by atoms with Crippen molar-refractivity contribution in [1.29, 1.82) is 0 Å². The molecule has 1 fully saturated rings. The minimum Gasteiger partial charge on any atom is -0.350 e. The van der Waals surface area contributed by atoms with E-state index in [1.54, 1.807) is 12.1 Å². The zero-order valence-corrected chi connectivity index (χ0v) is 7.94. The van der Waals surface area contributed by atoms with E-state index in [2.05, 4.69) is 4.98 Å². The van der Waals surface area contributed by atoms with Gasteiger partial charge in [0, 0.05) is 6.20 Å². The third kappa shape index (κ3) is 1.82. The lowest BCUT2D eigenvalue weighted by molar-refractivity contribution is 0.112. The summed E-state index contributed by atoms with van der Waals surface area (Å²) in [6.45, 7) is -0.0853. The van der Waals surface area contributed by atoms with Crippen molar-refractivity contribution in [2.75, 3.05) is 18.0 Å². The van der Waals surface area contributed by atoms with Crippen LogP contribution in [0, 0.1) is 0 Å². The molecule has 0 aliphatic carbocycles. The zero-order valence-electron chi connectivity index (χ0n) is 7.94. The molecule has 2 unspecified atom stereocenters. The number of hydrogen-bond acceptors (Lipinski definition) is 3. The standard InChI is InChI=1S/C10H10F2N2O/c11-8-4-14(5-9(8)12)10-7(6-15)2-1-3-13-10/h1-3,6,8-9H,4-5H2. The van der Waals surface area contributed by atoms with Gasteiger partial charge >= 0.3 is 0 Å². The summed E-state index contributed by atoms with van der Waals surface area (Å²) < 4.78 is 25.9. The van der Waals surface area contributed by atoms with Gasteiger partial charge in [0.25, 0.3) is 0 Å². The minimum absolute atomic E-state index is 0.0426. The number of hydrogen-bond donors (Lipinski definition) is 0. The van der Waals surface area contributed by atoms with Gasteiger partial charge in [0.05, 0.1) is 18.7 Å². The van der Waals surface area contributed by atoms with E-state index in [0.717, 1.165) is 0 Å². The Balaban J connectivity index is 2.27. The predicted molar refractivity (Wildman–Crippen MR) is 51.6 cm³/mol. The van der Waals surface area contributed by atoms with Crippen molar-refractivity contribution in [1.82, 2.24) is 4.98 Å². The number of aromatic nitrogens is 1.